The highest BCUT2D eigenvalue weighted by Crippen LogP contribution is 2.04. The predicted molar refractivity (Wildman–Crippen MR) is 81.5 cm³/mol. The molecule has 1 atom stereocenters. The molecule has 1 unspecified atom stereocenters. The highest BCUT2D eigenvalue weighted by molar-refractivity contribution is 5.81. The monoisotopic (exact) mass is 278 g/mol. The number of nitrogens with two attached hydrogens (primary N) is 1. The van der Waals surface area contributed by atoms with Crippen LogP contribution in [0.1, 0.15) is 31.7 Å². The third-order valence-electron chi connectivity index (χ3n) is 3.04. The summed E-state index contributed by atoms with van der Waals surface area (Å²) in [5.74, 6) is -0.0728. The molecule has 0 aliphatic rings. The molecular formula is C16H26N2O2. The molecule has 0 aliphatic carbocycles. The van der Waals surface area contributed by atoms with E-state index in [4.69, 9.17) is 10.5 Å². The zero-order valence-electron chi connectivity index (χ0n) is 12.3. The number of hydrogen-bond donors (Lipinski definition) is 2. The first-order valence-corrected chi connectivity index (χ1v) is 7.39. The van der Waals surface area contributed by atoms with Gasteiger partial charge in [0.2, 0.25) is 5.91 Å². The molecule has 0 saturated carbocycles. The molecule has 3 N–H and O–H groups in total. The lowest BCUT2D eigenvalue weighted by atomic mass is 10.1. The van der Waals surface area contributed by atoms with Crippen LogP contribution in [0, 0.1) is 0 Å². The summed E-state index contributed by atoms with van der Waals surface area (Å²) in [7, 11) is 0. The highest BCUT2D eigenvalue weighted by atomic mass is 16.5. The van der Waals surface area contributed by atoms with Gasteiger partial charge in [0.1, 0.15) is 0 Å². The van der Waals surface area contributed by atoms with Gasteiger partial charge in [-0.05, 0) is 31.2 Å². The Morgan fingerprint density at radius 1 is 1.30 bits per heavy atom. The third kappa shape index (κ3) is 7.26. The quantitative estimate of drug-likeness (QED) is 0.642. The first-order chi connectivity index (χ1) is 9.74. The maximum absolute atomic E-state index is 11.8. The van der Waals surface area contributed by atoms with Crippen molar-refractivity contribution >= 4 is 5.91 Å². The fourth-order valence-electron chi connectivity index (χ4n) is 1.86. The van der Waals surface area contributed by atoms with Crippen molar-refractivity contribution in [1.82, 2.24) is 5.32 Å². The van der Waals surface area contributed by atoms with E-state index in [1.807, 2.05) is 18.2 Å². The Kier molecular flexibility index (Phi) is 8.67. The summed E-state index contributed by atoms with van der Waals surface area (Å²) in [6.45, 7) is 4.17. The molecule has 1 amide bonds. The first kappa shape index (κ1) is 16.7. The Morgan fingerprint density at radius 3 is 2.75 bits per heavy atom. The van der Waals surface area contributed by atoms with Gasteiger partial charge in [-0.15, -0.1) is 0 Å². The maximum Gasteiger partial charge on any atom is 0.236 e. The minimum atomic E-state index is -0.438. The summed E-state index contributed by atoms with van der Waals surface area (Å²) in [6.07, 6.45) is 3.35. The van der Waals surface area contributed by atoms with E-state index < -0.39 is 6.04 Å². The van der Waals surface area contributed by atoms with Gasteiger partial charge in [-0.1, -0.05) is 37.3 Å². The molecule has 0 spiro atoms. The molecule has 4 heteroatoms. The number of rotatable bonds is 10. The van der Waals surface area contributed by atoms with Crippen LogP contribution in [0.15, 0.2) is 30.3 Å². The number of ether oxygens (including phenoxy) is 1. The first-order valence-electron chi connectivity index (χ1n) is 7.39. The average Bonchev–Trinajstić information content (AvgIpc) is 2.49. The van der Waals surface area contributed by atoms with Gasteiger partial charge in [0.15, 0.2) is 0 Å². The molecule has 0 fully saturated rings. The molecule has 0 aromatic heterocycles. The average molecular weight is 278 g/mol. The number of amides is 1. The second kappa shape index (κ2) is 10.4. The van der Waals surface area contributed by atoms with Gasteiger partial charge in [-0.25, -0.2) is 0 Å². The molecule has 1 aromatic carbocycles. The van der Waals surface area contributed by atoms with E-state index in [0.29, 0.717) is 19.6 Å². The maximum atomic E-state index is 11.8. The van der Waals surface area contributed by atoms with E-state index >= 15 is 0 Å². The topological polar surface area (TPSA) is 64.3 Å². The Hall–Kier alpha value is -1.39. The molecule has 1 aromatic rings. The second-order valence-corrected chi connectivity index (χ2v) is 4.89. The normalized spacial score (nSPS) is 12.1. The molecule has 0 saturated heterocycles. The minimum absolute atomic E-state index is 0.0728. The minimum Gasteiger partial charge on any atom is -0.381 e. The van der Waals surface area contributed by atoms with Gasteiger partial charge in [0.05, 0.1) is 6.04 Å². The molecule has 0 radical (unpaired) electrons. The van der Waals surface area contributed by atoms with Crippen LogP contribution >= 0.6 is 0 Å². The van der Waals surface area contributed by atoms with E-state index in [-0.39, 0.29) is 5.91 Å². The van der Waals surface area contributed by atoms with Crippen molar-refractivity contribution in [3.63, 3.8) is 0 Å². The van der Waals surface area contributed by atoms with Gasteiger partial charge in [-0.3, -0.25) is 4.79 Å². The van der Waals surface area contributed by atoms with Gasteiger partial charge >= 0.3 is 0 Å². The fraction of sp³-hybridized carbons (Fsp3) is 0.562. The van der Waals surface area contributed by atoms with Crippen LogP contribution in [0.2, 0.25) is 0 Å². The summed E-state index contributed by atoms with van der Waals surface area (Å²) < 4.78 is 5.35. The largest absolute Gasteiger partial charge is 0.381 e. The molecule has 20 heavy (non-hydrogen) atoms. The predicted octanol–water partition coefficient (Wildman–Crippen LogP) is 1.88. The number of benzene rings is 1. The van der Waals surface area contributed by atoms with Crippen molar-refractivity contribution in [1.29, 1.82) is 0 Å². The summed E-state index contributed by atoms with van der Waals surface area (Å²) in [5.41, 5.74) is 7.10. The van der Waals surface area contributed by atoms with Gasteiger partial charge in [0, 0.05) is 19.8 Å². The lowest BCUT2D eigenvalue weighted by molar-refractivity contribution is -0.122. The van der Waals surface area contributed by atoms with Crippen LogP contribution in [0.3, 0.4) is 0 Å². The molecule has 0 aliphatic heterocycles. The molecule has 0 heterocycles. The van der Waals surface area contributed by atoms with Crippen molar-refractivity contribution in [2.45, 2.75) is 38.6 Å². The lowest BCUT2D eigenvalue weighted by Gasteiger charge is -2.12. The Labute approximate surface area is 121 Å². The van der Waals surface area contributed by atoms with E-state index in [2.05, 4.69) is 24.4 Å². The SMILES string of the molecule is CCCOCCCNC(=O)C(N)CCc1ccccc1. The number of aryl methyl sites for hydroxylation is 1. The summed E-state index contributed by atoms with van der Waals surface area (Å²) >= 11 is 0. The standard InChI is InChI=1S/C16H26N2O2/c1-2-12-20-13-6-11-18-16(19)15(17)10-9-14-7-4-3-5-8-14/h3-5,7-8,15H,2,6,9-13,17H2,1H3,(H,18,19). The van der Waals surface area contributed by atoms with Crippen LogP contribution in [0.25, 0.3) is 0 Å². The molecule has 1 rings (SSSR count). The van der Waals surface area contributed by atoms with Gasteiger partial charge < -0.3 is 15.8 Å². The third-order valence-corrected chi connectivity index (χ3v) is 3.04. The van der Waals surface area contributed by atoms with Crippen molar-refractivity contribution in [2.24, 2.45) is 5.73 Å². The number of carbonyl (C=O) groups excluding carboxylic acids is 1. The Bertz CT molecular complexity index is 368. The van der Waals surface area contributed by atoms with Crippen molar-refractivity contribution in [2.75, 3.05) is 19.8 Å². The zero-order chi connectivity index (χ0) is 14.6. The zero-order valence-corrected chi connectivity index (χ0v) is 12.3. The summed E-state index contributed by atoms with van der Waals surface area (Å²) in [4.78, 5) is 11.8. The van der Waals surface area contributed by atoms with Crippen LogP contribution in [-0.2, 0) is 16.0 Å². The van der Waals surface area contributed by atoms with Crippen molar-refractivity contribution in [3.8, 4) is 0 Å². The van der Waals surface area contributed by atoms with E-state index in [1.165, 1.54) is 5.56 Å². The summed E-state index contributed by atoms with van der Waals surface area (Å²) in [5, 5.41) is 2.85. The molecular weight excluding hydrogens is 252 g/mol. The van der Waals surface area contributed by atoms with E-state index in [0.717, 1.165) is 25.9 Å². The van der Waals surface area contributed by atoms with Crippen LogP contribution in [0.4, 0.5) is 0 Å². The lowest BCUT2D eigenvalue weighted by Crippen LogP contribution is -2.41. The Balaban J connectivity index is 2.10. The number of hydrogen-bond acceptors (Lipinski definition) is 3. The Morgan fingerprint density at radius 2 is 2.05 bits per heavy atom. The molecule has 112 valence electrons. The van der Waals surface area contributed by atoms with Crippen molar-refractivity contribution in [3.05, 3.63) is 35.9 Å². The van der Waals surface area contributed by atoms with E-state index in [1.54, 1.807) is 0 Å². The number of carbonyl (C=O) groups is 1. The smallest absolute Gasteiger partial charge is 0.236 e. The van der Waals surface area contributed by atoms with Crippen molar-refractivity contribution < 1.29 is 9.53 Å². The van der Waals surface area contributed by atoms with Crippen LogP contribution in [0.5, 0.6) is 0 Å². The number of nitrogens with one attached hydrogen (secondary N) is 1. The molecule has 0 bridgehead atoms. The van der Waals surface area contributed by atoms with Crippen LogP contribution < -0.4 is 11.1 Å². The van der Waals surface area contributed by atoms with E-state index in [9.17, 15) is 4.79 Å². The fourth-order valence-corrected chi connectivity index (χ4v) is 1.86. The van der Waals surface area contributed by atoms with Crippen LogP contribution in [-0.4, -0.2) is 31.7 Å². The van der Waals surface area contributed by atoms with Gasteiger partial charge in [0.25, 0.3) is 0 Å². The summed E-state index contributed by atoms with van der Waals surface area (Å²) in [6, 6.07) is 9.64. The molecule has 4 nitrogen and oxygen atoms in total. The second-order valence-electron chi connectivity index (χ2n) is 4.89. The highest BCUT2D eigenvalue weighted by Gasteiger charge is 2.12. The van der Waals surface area contributed by atoms with Gasteiger partial charge in [-0.2, -0.15) is 0 Å².